The highest BCUT2D eigenvalue weighted by atomic mass is 32.1. The lowest BCUT2D eigenvalue weighted by molar-refractivity contribution is 1.04. The molecule has 0 saturated carbocycles. The molecule has 2 heterocycles. The Morgan fingerprint density at radius 3 is 2.69 bits per heavy atom. The first kappa shape index (κ1) is 12.6. The van der Waals surface area contributed by atoms with Crippen molar-refractivity contribution in [2.24, 2.45) is 0 Å². The summed E-state index contributed by atoms with van der Waals surface area (Å²) in [7, 11) is 0. The van der Waals surface area contributed by atoms with E-state index in [0.29, 0.717) is 0 Å². The molecule has 0 fully saturated rings. The van der Waals surface area contributed by atoms with Crippen LogP contribution in [0.3, 0.4) is 0 Å². The van der Waals surface area contributed by atoms with Crippen molar-refractivity contribution in [3.63, 3.8) is 0 Å². The van der Waals surface area contributed by atoms with Gasteiger partial charge in [-0.05, 0) is 19.1 Å². The number of pyridine rings is 1. The van der Waals surface area contributed by atoms with Crippen molar-refractivity contribution < 1.29 is 0 Å². The minimum atomic E-state index is 0.730. The van der Waals surface area contributed by atoms with Crippen LogP contribution in [0.25, 0.3) is 0 Å². The molecule has 4 heteroatoms. The first-order valence-electron chi connectivity index (χ1n) is 5.40. The monoisotopic (exact) mass is 235 g/mol. The highest BCUT2D eigenvalue weighted by Crippen LogP contribution is 2.14. The second-order valence-corrected chi connectivity index (χ2v) is 3.83. The van der Waals surface area contributed by atoms with Crippen LogP contribution in [0, 0.1) is 6.92 Å². The van der Waals surface area contributed by atoms with Crippen molar-refractivity contribution in [2.45, 2.75) is 27.3 Å². The van der Waals surface area contributed by atoms with Gasteiger partial charge in [0.15, 0.2) is 5.13 Å². The first-order chi connectivity index (χ1) is 7.84. The number of hydrogen-bond donors (Lipinski definition) is 1. The van der Waals surface area contributed by atoms with E-state index in [1.807, 2.05) is 44.4 Å². The summed E-state index contributed by atoms with van der Waals surface area (Å²) >= 11 is 1.62. The van der Waals surface area contributed by atoms with Gasteiger partial charge in [-0.3, -0.25) is 4.98 Å². The van der Waals surface area contributed by atoms with E-state index in [1.165, 1.54) is 0 Å². The second-order valence-electron chi connectivity index (χ2n) is 2.97. The molecule has 0 bridgehead atoms. The van der Waals surface area contributed by atoms with Gasteiger partial charge in [-0.15, -0.1) is 11.3 Å². The number of nitrogens with one attached hydrogen (secondary N) is 1. The zero-order valence-electron chi connectivity index (χ0n) is 9.90. The molecule has 0 unspecified atom stereocenters. The van der Waals surface area contributed by atoms with Crippen molar-refractivity contribution in [3.05, 3.63) is 41.2 Å². The number of aromatic nitrogens is 2. The van der Waals surface area contributed by atoms with Gasteiger partial charge in [0.2, 0.25) is 0 Å². The molecule has 0 aliphatic heterocycles. The predicted molar refractivity (Wildman–Crippen MR) is 69.8 cm³/mol. The fourth-order valence-corrected chi connectivity index (χ4v) is 1.79. The Balaban J connectivity index is 0.000000606. The zero-order chi connectivity index (χ0) is 11.8. The lowest BCUT2D eigenvalue weighted by Crippen LogP contribution is -2.00. The maximum Gasteiger partial charge on any atom is 0.183 e. The molecule has 0 spiro atoms. The van der Waals surface area contributed by atoms with Crippen LogP contribution in [0.4, 0.5) is 5.13 Å². The smallest absolute Gasteiger partial charge is 0.183 e. The Labute approximate surface area is 101 Å². The summed E-state index contributed by atoms with van der Waals surface area (Å²) in [6.07, 6.45) is 1.80. The van der Waals surface area contributed by atoms with E-state index in [1.54, 1.807) is 17.5 Å². The normalized spacial score (nSPS) is 9.19. The van der Waals surface area contributed by atoms with Gasteiger partial charge in [0.05, 0.1) is 17.9 Å². The standard InChI is InChI=1S/C10H11N3S.C2H6/c1-8-7-14-10(13-8)12-6-9-4-2-3-5-11-9;1-2/h2-5,7H,6H2,1H3,(H,12,13);1-2H3. The summed E-state index contributed by atoms with van der Waals surface area (Å²) in [6, 6.07) is 5.89. The molecule has 2 aromatic heterocycles. The molecule has 0 atom stereocenters. The van der Waals surface area contributed by atoms with Gasteiger partial charge in [0.25, 0.3) is 0 Å². The number of nitrogens with zero attached hydrogens (tertiary/aromatic N) is 2. The summed E-state index contributed by atoms with van der Waals surface area (Å²) in [5.74, 6) is 0. The fraction of sp³-hybridized carbons (Fsp3) is 0.333. The molecule has 0 aliphatic rings. The van der Waals surface area contributed by atoms with Crippen LogP contribution in [0.1, 0.15) is 25.2 Å². The lowest BCUT2D eigenvalue weighted by Gasteiger charge is -2.00. The van der Waals surface area contributed by atoms with Crippen LogP contribution in [0.5, 0.6) is 0 Å². The molecule has 1 N–H and O–H groups in total. The zero-order valence-corrected chi connectivity index (χ0v) is 10.7. The van der Waals surface area contributed by atoms with E-state index >= 15 is 0 Å². The average molecular weight is 235 g/mol. The quantitative estimate of drug-likeness (QED) is 0.885. The van der Waals surface area contributed by atoms with Crippen LogP contribution in [-0.2, 0) is 6.54 Å². The summed E-state index contributed by atoms with van der Waals surface area (Å²) in [5, 5.41) is 6.21. The average Bonchev–Trinajstić information content (AvgIpc) is 2.77. The Morgan fingerprint density at radius 1 is 1.31 bits per heavy atom. The number of aryl methyl sites for hydroxylation is 1. The Hall–Kier alpha value is -1.42. The van der Waals surface area contributed by atoms with Crippen LogP contribution < -0.4 is 5.32 Å². The van der Waals surface area contributed by atoms with Gasteiger partial charge >= 0.3 is 0 Å². The minimum absolute atomic E-state index is 0.730. The molecule has 2 aromatic rings. The maximum atomic E-state index is 4.31. The molecule has 0 radical (unpaired) electrons. The van der Waals surface area contributed by atoms with Crippen LogP contribution in [0.2, 0.25) is 0 Å². The molecule has 3 nitrogen and oxygen atoms in total. The molecule has 2 rings (SSSR count). The fourth-order valence-electron chi connectivity index (χ4n) is 1.10. The summed E-state index contributed by atoms with van der Waals surface area (Å²) < 4.78 is 0. The van der Waals surface area contributed by atoms with Crippen LogP contribution in [-0.4, -0.2) is 9.97 Å². The molecule has 0 saturated heterocycles. The van der Waals surface area contributed by atoms with Crippen molar-refractivity contribution in [2.75, 3.05) is 5.32 Å². The van der Waals surface area contributed by atoms with Gasteiger partial charge in [-0.25, -0.2) is 4.98 Å². The van der Waals surface area contributed by atoms with E-state index in [4.69, 9.17) is 0 Å². The largest absolute Gasteiger partial charge is 0.356 e. The van der Waals surface area contributed by atoms with Gasteiger partial charge in [0, 0.05) is 11.6 Å². The summed E-state index contributed by atoms with van der Waals surface area (Å²) in [6.45, 7) is 6.72. The second kappa shape index (κ2) is 6.95. The van der Waals surface area contributed by atoms with Gasteiger partial charge in [0.1, 0.15) is 0 Å². The molecule has 0 aromatic carbocycles. The van der Waals surface area contributed by atoms with E-state index in [0.717, 1.165) is 23.1 Å². The molecule has 86 valence electrons. The molecule has 0 amide bonds. The number of hydrogen-bond acceptors (Lipinski definition) is 4. The lowest BCUT2D eigenvalue weighted by atomic mass is 10.3. The SMILES string of the molecule is CC.Cc1csc(NCc2ccccn2)n1. The third kappa shape index (κ3) is 3.98. The van der Waals surface area contributed by atoms with E-state index in [9.17, 15) is 0 Å². The van der Waals surface area contributed by atoms with Crippen LogP contribution in [0.15, 0.2) is 29.8 Å². The molecule has 0 aliphatic carbocycles. The Morgan fingerprint density at radius 2 is 2.12 bits per heavy atom. The third-order valence-electron chi connectivity index (χ3n) is 1.77. The maximum absolute atomic E-state index is 4.31. The highest BCUT2D eigenvalue weighted by molar-refractivity contribution is 7.13. The van der Waals surface area contributed by atoms with E-state index in [-0.39, 0.29) is 0 Å². The third-order valence-corrected chi connectivity index (χ3v) is 2.68. The number of rotatable bonds is 3. The first-order valence-corrected chi connectivity index (χ1v) is 6.28. The van der Waals surface area contributed by atoms with Crippen molar-refractivity contribution in [3.8, 4) is 0 Å². The van der Waals surface area contributed by atoms with E-state index < -0.39 is 0 Å². The van der Waals surface area contributed by atoms with Gasteiger partial charge in [-0.2, -0.15) is 0 Å². The van der Waals surface area contributed by atoms with Gasteiger partial charge in [-0.1, -0.05) is 19.9 Å². The Kier molecular flexibility index (Phi) is 5.50. The van der Waals surface area contributed by atoms with Crippen molar-refractivity contribution in [1.82, 2.24) is 9.97 Å². The van der Waals surface area contributed by atoms with Crippen molar-refractivity contribution >= 4 is 16.5 Å². The highest BCUT2D eigenvalue weighted by Gasteiger charge is 1.97. The molecular formula is C12H17N3S. The van der Waals surface area contributed by atoms with Crippen molar-refractivity contribution in [1.29, 1.82) is 0 Å². The summed E-state index contributed by atoms with van der Waals surface area (Å²) in [5.41, 5.74) is 2.08. The molecular weight excluding hydrogens is 218 g/mol. The Bertz CT molecular complexity index is 398. The molecule has 16 heavy (non-hydrogen) atoms. The predicted octanol–water partition coefficient (Wildman–Crippen LogP) is 3.48. The minimum Gasteiger partial charge on any atom is -0.356 e. The van der Waals surface area contributed by atoms with Crippen LogP contribution >= 0.6 is 11.3 Å². The summed E-state index contributed by atoms with van der Waals surface area (Å²) in [4.78, 5) is 8.52. The number of thiazole rings is 1. The van der Waals surface area contributed by atoms with E-state index in [2.05, 4.69) is 15.3 Å². The topological polar surface area (TPSA) is 37.8 Å². The van der Waals surface area contributed by atoms with Gasteiger partial charge < -0.3 is 5.32 Å². The number of anilines is 1.